The standard InChI is InChI=1S/C17H22BrClO2/c1-3-20-14-8-12(13(19)9-15(14)21-4-2)17(18)16-10-6-5-7-11(10)16/h8-11,16-17H,3-7H2,1-2H3. The van der Waals surface area contributed by atoms with Gasteiger partial charge in [-0.2, -0.15) is 0 Å². The number of hydrogen-bond acceptors (Lipinski definition) is 2. The van der Waals surface area contributed by atoms with E-state index in [2.05, 4.69) is 22.0 Å². The van der Waals surface area contributed by atoms with Gasteiger partial charge in [-0.25, -0.2) is 0 Å². The number of ether oxygens (including phenoxy) is 2. The fourth-order valence-corrected chi connectivity index (χ4v) is 5.38. The van der Waals surface area contributed by atoms with Crippen molar-refractivity contribution >= 4 is 27.5 Å². The number of alkyl halides is 1. The maximum absolute atomic E-state index is 6.50. The van der Waals surface area contributed by atoms with Crippen molar-refractivity contribution in [1.29, 1.82) is 0 Å². The van der Waals surface area contributed by atoms with Crippen molar-refractivity contribution < 1.29 is 9.47 Å². The average Bonchev–Trinajstić information content (AvgIpc) is 2.94. The minimum Gasteiger partial charge on any atom is -0.490 e. The number of fused-ring (bicyclic) bond motifs is 1. The highest BCUT2D eigenvalue weighted by Crippen LogP contribution is 2.65. The molecule has 2 aliphatic rings. The van der Waals surface area contributed by atoms with Gasteiger partial charge in [0, 0.05) is 15.9 Å². The Morgan fingerprint density at radius 3 is 2.29 bits per heavy atom. The topological polar surface area (TPSA) is 18.5 Å². The molecule has 0 N–H and O–H groups in total. The van der Waals surface area contributed by atoms with Crippen LogP contribution in [0, 0.1) is 17.8 Å². The third kappa shape index (κ3) is 2.92. The summed E-state index contributed by atoms with van der Waals surface area (Å²) in [5.41, 5.74) is 1.14. The zero-order chi connectivity index (χ0) is 15.0. The largest absolute Gasteiger partial charge is 0.490 e. The first-order valence-electron chi connectivity index (χ1n) is 7.90. The molecule has 2 saturated carbocycles. The molecule has 2 fully saturated rings. The van der Waals surface area contributed by atoms with Gasteiger partial charge in [0.05, 0.1) is 13.2 Å². The van der Waals surface area contributed by atoms with E-state index in [4.69, 9.17) is 21.1 Å². The minimum absolute atomic E-state index is 0.329. The number of rotatable bonds is 6. The van der Waals surface area contributed by atoms with E-state index < -0.39 is 0 Å². The SMILES string of the molecule is CCOc1cc(Cl)c(C(Br)C2C3CCCC32)cc1OCC. The van der Waals surface area contributed by atoms with Crippen molar-refractivity contribution in [2.75, 3.05) is 13.2 Å². The van der Waals surface area contributed by atoms with Crippen LogP contribution in [-0.2, 0) is 0 Å². The Labute approximate surface area is 140 Å². The van der Waals surface area contributed by atoms with Gasteiger partial charge in [-0.15, -0.1) is 0 Å². The van der Waals surface area contributed by atoms with Crippen LogP contribution in [0.5, 0.6) is 11.5 Å². The van der Waals surface area contributed by atoms with E-state index >= 15 is 0 Å². The predicted molar refractivity (Wildman–Crippen MR) is 89.8 cm³/mol. The first-order valence-corrected chi connectivity index (χ1v) is 9.19. The van der Waals surface area contributed by atoms with Gasteiger partial charge in [0.2, 0.25) is 0 Å². The van der Waals surface area contributed by atoms with Crippen LogP contribution < -0.4 is 9.47 Å². The first-order chi connectivity index (χ1) is 10.2. The van der Waals surface area contributed by atoms with Crippen LogP contribution in [0.4, 0.5) is 0 Å². The van der Waals surface area contributed by atoms with Gasteiger partial charge in [0.15, 0.2) is 11.5 Å². The molecule has 0 aromatic heterocycles. The lowest BCUT2D eigenvalue weighted by molar-refractivity contribution is 0.287. The molecule has 2 nitrogen and oxygen atoms in total. The highest BCUT2D eigenvalue weighted by atomic mass is 79.9. The van der Waals surface area contributed by atoms with Crippen LogP contribution in [0.3, 0.4) is 0 Å². The van der Waals surface area contributed by atoms with Crippen LogP contribution >= 0.6 is 27.5 Å². The fraction of sp³-hybridized carbons (Fsp3) is 0.647. The smallest absolute Gasteiger partial charge is 0.162 e. The van der Waals surface area contributed by atoms with Gasteiger partial charge >= 0.3 is 0 Å². The summed E-state index contributed by atoms with van der Waals surface area (Å²) in [6, 6.07) is 3.96. The second-order valence-electron chi connectivity index (χ2n) is 5.92. The molecule has 0 heterocycles. The molecule has 2 aliphatic carbocycles. The molecular formula is C17H22BrClO2. The highest BCUT2D eigenvalue weighted by Gasteiger charge is 2.55. The fourth-order valence-electron chi connectivity index (χ4n) is 3.82. The number of hydrogen-bond donors (Lipinski definition) is 0. The number of benzene rings is 1. The molecule has 3 atom stereocenters. The van der Waals surface area contributed by atoms with Crippen molar-refractivity contribution in [3.05, 3.63) is 22.7 Å². The van der Waals surface area contributed by atoms with Crippen LogP contribution in [0.2, 0.25) is 5.02 Å². The first kappa shape index (κ1) is 15.5. The van der Waals surface area contributed by atoms with Gasteiger partial charge < -0.3 is 9.47 Å². The molecule has 3 unspecified atom stereocenters. The maximum Gasteiger partial charge on any atom is 0.162 e. The monoisotopic (exact) mass is 372 g/mol. The van der Waals surface area contributed by atoms with Crippen molar-refractivity contribution in [2.24, 2.45) is 17.8 Å². The summed E-state index contributed by atoms with van der Waals surface area (Å²) >= 11 is 10.4. The Hall–Kier alpha value is -0.410. The van der Waals surface area contributed by atoms with E-state index in [1.165, 1.54) is 19.3 Å². The lowest BCUT2D eigenvalue weighted by Gasteiger charge is -2.18. The molecule has 21 heavy (non-hydrogen) atoms. The summed E-state index contributed by atoms with van der Waals surface area (Å²) in [6.07, 6.45) is 4.15. The summed E-state index contributed by atoms with van der Waals surface area (Å²) in [7, 11) is 0. The van der Waals surface area contributed by atoms with Gasteiger partial charge in [-0.1, -0.05) is 34.0 Å². The van der Waals surface area contributed by atoms with Gasteiger partial charge in [-0.05, 0) is 56.1 Å². The highest BCUT2D eigenvalue weighted by molar-refractivity contribution is 9.09. The predicted octanol–water partition coefficient (Wildman–Crippen LogP) is 5.62. The quantitative estimate of drug-likeness (QED) is 0.602. The number of halogens is 2. The minimum atomic E-state index is 0.329. The molecular weight excluding hydrogens is 352 g/mol. The van der Waals surface area contributed by atoms with E-state index in [9.17, 15) is 0 Å². The van der Waals surface area contributed by atoms with E-state index in [0.717, 1.165) is 39.8 Å². The molecule has 1 aromatic carbocycles. The Kier molecular flexibility index (Phi) is 4.70. The molecule has 0 radical (unpaired) electrons. The van der Waals surface area contributed by atoms with Crippen molar-refractivity contribution in [3.63, 3.8) is 0 Å². The average molecular weight is 374 g/mol. The van der Waals surface area contributed by atoms with Crippen LogP contribution in [0.1, 0.15) is 43.5 Å². The summed E-state index contributed by atoms with van der Waals surface area (Å²) in [4.78, 5) is 0.329. The molecule has 4 heteroatoms. The van der Waals surface area contributed by atoms with Crippen LogP contribution in [0.15, 0.2) is 12.1 Å². The van der Waals surface area contributed by atoms with Gasteiger partial charge in [0.25, 0.3) is 0 Å². The normalized spacial score (nSPS) is 28.1. The molecule has 116 valence electrons. The van der Waals surface area contributed by atoms with E-state index in [1.54, 1.807) is 0 Å². The summed E-state index contributed by atoms with van der Waals surface area (Å²) in [5, 5.41) is 0.772. The molecule has 0 bridgehead atoms. The van der Waals surface area contributed by atoms with Crippen molar-refractivity contribution in [1.82, 2.24) is 0 Å². The summed E-state index contributed by atoms with van der Waals surface area (Å²) in [6.45, 7) is 5.19. The van der Waals surface area contributed by atoms with Crippen molar-refractivity contribution in [2.45, 2.75) is 37.9 Å². The van der Waals surface area contributed by atoms with Crippen LogP contribution in [0.25, 0.3) is 0 Å². The van der Waals surface area contributed by atoms with E-state index in [-0.39, 0.29) is 0 Å². The molecule has 0 saturated heterocycles. The molecule has 1 aromatic rings. The van der Waals surface area contributed by atoms with Crippen molar-refractivity contribution in [3.8, 4) is 11.5 Å². The summed E-state index contributed by atoms with van der Waals surface area (Å²) in [5.74, 6) is 4.07. The Balaban J connectivity index is 1.85. The Bertz CT molecular complexity index is 510. The second-order valence-corrected chi connectivity index (χ2v) is 7.32. The molecule has 0 aliphatic heterocycles. The van der Waals surface area contributed by atoms with Gasteiger partial charge in [0.1, 0.15) is 0 Å². The Morgan fingerprint density at radius 1 is 1.14 bits per heavy atom. The molecule has 0 amide bonds. The molecule has 3 rings (SSSR count). The zero-order valence-electron chi connectivity index (χ0n) is 12.6. The van der Waals surface area contributed by atoms with E-state index in [1.807, 2.05) is 19.9 Å². The lowest BCUT2D eigenvalue weighted by Crippen LogP contribution is -2.03. The summed E-state index contributed by atoms with van der Waals surface area (Å²) < 4.78 is 11.4. The third-order valence-electron chi connectivity index (χ3n) is 4.77. The van der Waals surface area contributed by atoms with E-state index in [0.29, 0.717) is 18.0 Å². The maximum atomic E-state index is 6.50. The zero-order valence-corrected chi connectivity index (χ0v) is 14.9. The van der Waals surface area contributed by atoms with Crippen LogP contribution in [-0.4, -0.2) is 13.2 Å². The second kappa shape index (κ2) is 6.37. The Morgan fingerprint density at radius 2 is 1.71 bits per heavy atom. The van der Waals surface area contributed by atoms with Gasteiger partial charge in [-0.3, -0.25) is 0 Å². The third-order valence-corrected chi connectivity index (χ3v) is 6.20. The molecule has 0 spiro atoms. The lowest BCUT2D eigenvalue weighted by atomic mass is 10.0.